The Morgan fingerprint density at radius 2 is 0.885 bits per heavy atom. The van der Waals surface area contributed by atoms with Gasteiger partial charge in [-0.15, -0.1) is 0 Å². The second-order valence-electron chi connectivity index (χ2n) is 13.9. The molecule has 2 rings (SSSR count). The van der Waals surface area contributed by atoms with Gasteiger partial charge in [-0.1, -0.05) is 0 Å². The second-order valence-corrected chi connectivity index (χ2v) is 38.7. The molecule has 2 fully saturated rings. The maximum atomic E-state index is 14.8. The van der Waals surface area contributed by atoms with Gasteiger partial charge < -0.3 is 0 Å². The molecular weight excluding hydrogens is 1100 g/mol. The van der Waals surface area contributed by atoms with Crippen molar-refractivity contribution in [1.29, 1.82) is 0 Å². The van der Waals surface area contributed by atoms with E-state index in [9.17, 15) is 83.4 Å². The minimum absolute atomic E-state index is 0.133. The minimum atomic E-state index is -7.82. The van der Waals surface area contributed by atoms with Gasteiger partial charge in [0, 0.05) is 0 Å². The molecule has 2 saturated heterocycles. The molecule has 0 aliphatic carbocycles. The van der Waals surface area contributed by atoms with Gasteiger partial charge in [0.05, 0.1) is 0 Å². The molecule has 0 nitrogen and oxygen atoms in total. The van der Waals surface area contributed by atoms with Gasteiger partial charge in [0.1, 0.15) is 0 Å². The van der Waals surface area contributed by atoms with Crippen molar-refractivity contribution in [3.63, 3.8) is 0 Å². The van der Waals surface area contributed by atoms with Crippen molar-refractivity contribution >= 4 is 58.7 Å². The van der Waals surface area contributed by atoms with Crippen LogP contribution >= 0.6 is 0 Å². The van der Waals surface area contributed by atoms with Gasteiger partial charge in [-0.25, -0.2) is 0 Å². The van der Waals surface area contributed by atoms with Gasteiger partial charge in [-0.2, -0.15) is 0 Å². The summed E-state index contributed by atoms with van der Waals surface area (Å²) in [6, 6.07) is 0. The Labute approximate surface area is 313 Å². The summed E-state index contributed by atoms with van der Waals surface area (Å²) in [6.45, 7) is 8.13. The molecule has 2 heterocycles. The van der Waals surface area contributed by atoms with E-state index >= 15 is 0 Å². The zero-order valence-corrected chi connectivity index (χ0v) is 37.1. The van der Waals surface area contributed by atoms with E-state index in [0.29, 0.717) is 8.94 Å². The van der Waals surface area contributed by atoms with Crippen LogP contribution in [0.3, 0.4) is 0 Å². The Morgan fingerprint density at radius 1 is 0.519 bits per heavy atom. The van der Waals surface area contributed by atoms with Crippen LogP contribution < -0.4 is 0 Å². The topological polar surface area (TPSA) is 0 Å². The Morgan fingerprint density at radius 3 is 1.19 bits per heavy atom. The monoisotopic (exact) mass is 1160 g/mol. The molecule has 320 valence electrons. The Kier molecular flexibility index (Phi) is 19.6. The molecule has 0 aromatic heterocycles. The average molecular weight is 1150 g/mol. The zero-order valence-electron chi connectivity index (χ0n) is 29.4. The summed E-state index contributed by atoms with van der Waals surface area (Å²) in [7, 11) is 0. The molecule has 0 N–H and O–H groups in total. The van der Waals surface area contributed by atoms with Crippen LogP contribution in [0, 0.1) is 0 Å². The number of rotatable bonds is 12. The van der Waals surface area contributed by atoms with Crippen LogP contribution in [-0.4, -0.2) is 103 Å². The summed E-state index contributed by atoms with van der Waals surface area (Å²) < 4.78 is 237. The molecule has 0 aromatic carbocycles. The van der Waals surface area contributed by atoms with E-state index in [4.69, 9.17) is 0 Å². The van der Waals surface area contributed by atoms with Crippen molar-refractivity contribution in [2.75, 3.05) is 0 Å². The molecule has 0 amide bonds. The van der Waals surface area contributed by atoms with Crippen LogP contribution in [0.15, 0.2) is 0 Å². The molecule has 0 aromatic rings. The molecule has 2 aliphatic heterocycles. The van der Waals surface area contributed by atoms with Crippen LogP contribution in [0.25, 0.3) is 0 Å². The first-order chi connectivity index (χ1) is 22.9. The number of hydrogen-bond acceptors (Lipinski definition) is 0. The summed E-state index contributed by atoms with van der Waals surface area (Å²) in [5, 5.41) is 0. The Hall–Kier alpha value is 1.04. The standard InChI is InChI=1S/C15H19F13Te.C9H19F3Te.C6H11F3Te/c1-8(2)6-5-7-9(3,4)29(8)15(27,28)13(22,23)11(18,19)10(16,17)12(20,21)14(24,25)26;1-3-5-7-13(8-6-4-2)9(10,11)12;7-6(8,9)5-10-3-1-2-4-10/h29H,5-7H2,1-4H3;13H,3-8H2,1-2H3;10H,1-5H2. The fourth-order valence-corrected chi connectivity index (χ4v) is 31.2. The first-order valence-electron chi connectivity index (χ1n) is 16.3. The van der Waals surface area contributed by atoms with Crippen molar-refractivity contribution in [2.24, 2.45) is 0 Å². The van der Waals surface area contributed by atoms with Crippen molar-refractivity contribution in [1.82, 2.24) is 0 Å². The number of hydrogen-bond donors (Lipinski definition) is 0. The summed E-state index contributed by atoms with van der Waals surface area (Å²) in [4.78, 5) is 0. The summed E-state index contributed by atoms with van der Waals surface area (Å²) in [5.41, 5.74) is 0. The Balaban J connectivity index is 0.000000921. The molecule has 0 bridgehead atoms. The van der Waals surface area contributed by atoms with Gasteiger partial charge in [-0.05, 0) is 0 Å². The first-order valence-corrected chi connectivity index (χ1v) is 30.4. The molecule has 22 heteroatoms. The van der Waals surface area contributed by atoms with Gasteiger partial charge in [0.15, 0.2) is 0 Å². The van der Waals surface area contributed by atoms with E-state index in [1.807, 2.05) is 13.8 Å². The summed E-state index contributed by atoms with van der Waals surface area (Å²) >= 11 is -9.80. The molecule has 2 aliphatic rings. The molecule has 0 unspecified atom stereocenters. The summed E-state index contributed by atoms with van der Waals surface area (Å²) in [5.74, 6) is -30.3. The van der Waals surface area contributed by atoms with Crippen LogP contribution in [0.2, 0.25) is 29.3 Å². The molecular formula is C30H49F19Te3. The van der Waals surface area contributed by atoms with Gasteiger partial charge in [-0.3, -0.25) is 0 Å². The number of unbranched alkanes of at least 4 members (excludes halogenated alkanes) is 2. The zero-order chi connectivity index (χ0) is 41.6. The van der Waals surface area contributed by atoms with Gasteiger partial charge >= 0.3 is 315 Å². The fraction of sp³-hybridized carbons (Fsp3) is 1.00. The van der Waals surface area contributed by atoms with E-state index in [1.165, 1.54) is 0 Å². The van der Waals surface area contributed by atoms with Crippen LogP contribution in [-0.2, 0) is 0 Å². The van der Waals surface area contributed by atoms with E-state index in [-0.39, 0.29) is 23.7 Å². The van der Waals surface area contributed by atoms with E-state index < -0.39 is 110 Å². The van der Waals surface area contributed by atoms with Crippen molar-refractivity contribution < 1.29 is 83.4 Å². The number of halogens is 19. The summed E-state index contributed by atoms with van der Waals surface area (Å²) in [6.07, 6.45) is -5.80. The van der Waals surface area contributed by atoms with E-state index in [2.05, 4.69) is 0 Å². The third-order valence-electron chi connectivity index (χ3n) is 8.51. The molecule has 0 radical (unpaired) electrons. The molecule has 0 spiro atoms. The Bertz CT molecular complexity index is 1040. The average Bonchev–Trinajstić information content (AvgIpc) is 3.42. The van der Waals surface area contributed by atoms with Crippen molar-refractivity contribution in [2.45, 2.75) is 173 Å². The van der Waals surface area contributed by atoms with Gasteiger partial charge in [0.2, 0.25) is 0 Å². The molecule has 52 heavy (non-hydrogen) atoms. The van der Waals surface area contributed by atoms with E-state index in [0.717, 1.165) is 75.2 Å². The van der Waals surface area contributed by atoms with Crippen molar-refractivity contribution in [3.05, 3.63) is 0 Å². The predicted octanol–water partition coefficient (Wildman–Crippen LogP) is 13.7. The first kappa shape index (κ1) is 53.0. The third kappa shape index (κ3) is 13.3. The predicted molar refractivity (Wildman–Crippen MR) is 169 cm³/mol. The van der Waals surface area contributed by atoms with E-state index in [1.54, 1.807) is 0 Å². The number of alkyl halides is 19. The maximum absolute atomic E-state index is 14.8. The quantitative estimate of drug-likeness (QED) is 0.135. The van der Waals surface area contributed by atoms with Crippen molar-refractivity contribution in [3.8, 4) is 0 Å². The second kappa shape index (κ2) is 19.2. The fourth-order valence-electron chi connectivity index (χ4n) is 5.92. The molecule has 0 saturated carbocycles. The third-order valence-corrected chi connectivity index (χ3v) is 33.7. The van der Waals surface area contributed by atoms with Crippen LogP contribution in [0.5, 0.6) is 0 Å². The molecule has 0 atom stereocenters. The van der Waals surface area contributed by atoms with Gasteiger partial charge in [0.25, 0.3) is 0 Å². The van der Waals surface area contributed by atoms with Crippen LogP contribution in [0.1, 0.15) is 99.3 Å². The van der Waals surface area contributed by atoms with Crippen LogP contribution in [0.4, 0.5) is 83.4 Å². The SMILES string of the molecule is CC1(C)CCCC(C)(C)[TeH]1C(F)(F)C(F)(F)C(F)(F)C(F)(F)C(F)(F)C(F)(F)F.CCCC[TeH](CCCC)C(F)(F)F.FC(F)(F)C[TeH]1CCCC1. The normalized spacial score (nSPS) is 20.8.